The third-order valence-corrected chi connectivity index (χ3v) is 3.60. The van der Waals surface area contributed by atoms with Crippen molar-refractivity contribution in [3.05, 3.63) is 34.3 Å². The van der Waals surface area contributed by atoms with E-state index in [4.69, 9.17) is 5.11 Å². The highest BCUT2D eigenvalue weighted by Crippen LogP contribution is 2.14. The van der Waals surface area contributed by atoms with Gasteiger partial charge in [-0.1, -0.05) is 28.1 Å². The number of carboxylic acid groups (broad SMARTS) is 1. The Morgan fingerprint density at radius 2 is 2.00 bits per heavy atom. The highest BCUT2D eigenvalue weighted by molar-refractivity contribution is 9.10. The Labute approximate surface area is 144 Å². The van der Waals surface area contributed by atoms with E-state index >= 15 is 0 Å². The molecule has 7 heteroatoms. The fourth-order valence-electron chi connectivity index (χ4n) is 2.10. The first-order chi connectivity index (χ1) is 10.9. The van der Waals surface area contributed by atoms with Crippen molar-refractivity contribution in [2.45, 2.75) is 32.7 Å². The zero-order valence-corrected chi connectivity index (χ0v) is 14.6. The molecule has 0 aromatic heterocycles. The summed E-state index contributed by atoms with van der Waals surface area (Å²) in [5, 5.41) is 11.6. The van der Waals surface area contributed by atoms with Crippen LogP contribution >= 0.6 is 15.9 Å². The van der Waals surface area contributed by atoms with Gasteiger partial charge in [0.05, 0.1) is 0 Å². The Balaban J connectivity index is 2.60. The van der Waals surface area contributed by atoms with E-state index in [9.17, 15) is 14.4 Å². The topological polar surface area (TPSA) is 86.7 Å². The van der Waals surface area contributed by atoms with E-state index in [1.165, 1.54) is 4.90 Å². The Morgan fingerprint density at radius 1 is 1.26 bits per heavy atom. The van der Waals surface area contributed by atoms with E-state index in [1.54, 1.807) is 0 Å². The zero-order chi connectivity index (χ0) is 17.2. The molecule has 0 saturated carbocycles. The van der Waals surface area contributed by atoms with Crippen LogP contribution in [-0.2, 0) is 20.9 Å². The number of amides is 2. The van der Waals surface area contributed by atoms with Gasteiger partial charge in [0.25, 0.3) is 0 Å². The predicted octanol–water partition coefficient (Wildman–Crippen LogP) is 2.17. The van der Waals surface area contributed by atoms with E-state index in [0.717, 1.165) is 10.0 Å². The van der Waals surface area contributed by atoms with E-state index in [2.05, 4.69) is 21.2 Å². The number of hydrogen-bond donors (Lipinski definition) is 2. The molecular weight excluding hydrogens is 364 g/mol. The monoisotopic (exact) mass is 384 g/mol. The fourth-order valence-corrected chi connectivity index (χ4v) is 2.54. The summed E-state index contributed by atoms with van der Waals surface area (Å²) in [5.74, 6) is -1.43. The maximum absolute atomic E-state index is 12.2. The zero-order valence-electron chi connectivity index (χ0n) is 13.0. The average molecular weight is 385 g/mol. The van der Waals surface area contributed by atoms with Crippen LogP contribution < -0.4 is 5.32 Å². The van der Waals surface area contributed by atoms with Gasteiger partial charge < -0.3 is 15.3 Å². The third kappa shape index (κ3) is 7.78. The predicted molar refractivity (Wildman–Crippen MR) is 89.7 cm³/mol. The standard InChI is InChI=1S/C16H21BrN2O4/c1-2-18-14(20)7-4-8-15(21)19(11-16(22)23)10-12-5-3-6-13(17)9-12/h3,5-6,9H,2,4,7-8,10-11H2,1H3,(H,18,20)(H,22,23). The van der Waals surface area contributed by atoms with E-state index in [-0.39, 0.29) is 37.7 Å². The number of rotatable bonds is 9. The van der Waals surface area contributed by atoms with Gasteiger partial charge in [0.15, 0.2) is 0 Å². The Bertz CT molecular complexity index is 563. The Hall–Kier alpha value is -1.89. The molecule has 0 atom stereocenters. The minimum absolute atomic E-state index is 0.0999. The first kappa shape index (κ1) is 19.2. The van der Waals surface area contributed by atoms with Crippen molar-refractivity contribution in [1.82, 2.24) is 10.2 Å². The second-order valence-electron chi connectivity index (χ2n) is 5.08. The normalized spacial score (nSPS) is 10.2. The molecule has 0 radical (unpaired) electrons. The number of nitrogens with one attached hydrogen (secondary N) is 1. The van der Waals surface area contributed by atoms with Crippen LogP contribution in [0.25, 0.3) is 0 Å². The molecule has 0 heterocycles. The van der Waals surface area contributed by atoms with Gasteiger partial charge in [-0.25, -0.2) is 0 Å². The molecule has 126 valence electrons. The van der Waals surface area contributed by atoms with Crippen molar-refractivity contribution in [3.8, 4) is 0 Å². The molecule has 0 bridgehead atoms. The van der Waals surface area contributed by atoms with Crippen molar-refractivity contribution < 1.29 is 19.5 Å². The van der Waals surface area contributed by atoms with Crippen LogP contribution in [0.1, 0.15) is 31.7 Å². The number of hydrogen-bond acceptors (Lipinski definition) is 3. The highest BCUT2D eigenvalue weighted by atomic mass is 79.9. The molecule has 0 aliphatic rings. The molecule has 0 spiro atoms. The smallest absolute Gasteiger partial charge is 0.323 e. The maximum atomic E-state index is 12.2. The second-order valence-corrected chi connectivity index (χ2v) is 6.00. The number of nitrogens with zero attached hydrogens (tertiary/aromatic N) is 1. The van der Waals surface area contributed by atoms with Gasteiger partial charge in [-0.05, 0) is 31.0 Å². The molecule has 0 fully saturated rings. The molecule has 0 unspecified atom stereocenters. The van der Waals surface area contributed by atoms with Crippen LogP contribution in [0.15, 0.2) is 28.7 Å². The lowest BCUT2D eigenvalue weighted by Gasteiger charge is -2.21. The molecule has 6 nitrogen and oxygen atoms in total. The first-order valence-corrected chi connectivity index (χ1v) is 8.22. The number of aliphatic carboxylic acids is 1. The summed E-state index contributed by atoms with van der Waals surface area (Å²) in [7, 11) is 0. The van der Waals surface area contributed by atoms with Gasteiger partial charge in [-0.3, -0.25) is 14.4 Å². The summed E-state index contributed by atoms with van der Waals surface area (Å²) in [5.41, 5.74) is 0.845. The van der Waals surface area contributed by atoms with Gasteiger partial charge in [0.2, 0.25) is 11.8 Å². The van der Waals surface area contributed by atoms with E-state index in [1.807, 2.05) is 31.2 Å². The van der Waals surface area contributed by atoms with Crippen LogP contribution in [-0.4, -0.2) is 40.9 Å². The fraction of sp³-hybridized carbons (Fsp3) is 0.438. The molecule has 1 aromatic carbocycles. The second kappa shape index (κ2) is 9.99. The molecule has 23 heavy (non-hydrogen) atoms. The summed E-state index contributed by atoms with van der Waals surface area (Å²) in [4.78, 5) is 35.9. The van der Waals surface area contributed by atoms with Gasteiger partial charge in [-0.2, -0.15) is 0 Å². The number of carbonyl (C=O) groups is 3. The lowest BCUT2D eigenvalue weighted by Crippen LogP contribution is -2.35. The highest BCUT2D eigenvalue weighted by Gasteiger charge is 2.17. The van der Waals surface area contributed by atoms with Gasteiger partial charge in [-0.15, -0.1) is 0 Å². The summed E-state index contributed by atoms with van der Waals surface area (Å²) in [6, 6.07) is 7.37. The molecule has 1 rings (SSSR count). The van der Waals surface area contributed by atoms with Crippen molar-refractivity contribution in [2.24, 2.45) is 0 Å². The maximum Gasteiger partial charge on any atom is 0.323 e. The minimum atomic E-state index is -1.06. The minimum Gasteiger partial charge on any atom is -0.480 e. The molecule has 2 N–H and O–H groups in total. The van der Waals surface area contributed by atoms with Gasteiger partial charge in [0.1, 0.15) is 6.54 Å². The summed E-state index contributed by atoms with van der Waals surface area (Å²) in [6.07, 6.45) is 0.815. The molecule has 0 aliphatic carbocycles. The molecular formula is C16H21BrN2O4. The molecule has 1 aromatic rings. The van der Waals surface area contributed by atoms with E-state index in [0.29, 0.717) is 13.0 Å². The van der Waals surface area contributed by atoms with Gasteiger partial charge in [0, 0.05) is 30.4 Å². The van der Waals surface area contributed by atoms with Crippen LogP contribution in [0.3, 0.4) is 0 Å². The first-order valence-electron chi connectivity index (χ1n) is 7.43. The summed E-state index contributed by atoms with van der Waals surface area (Å²) < 4.78 is 0.869. The van der Waals surface area contributed by atoms with Crippen LogP contribution in [0.5, 0.6) is 0 Å². The lowest BCUT2D eigenvalue weighted by molar-refractivity contribution is -0.145. The van der Waals surface area contributed by atoms with E-state index < -0.39 is 5.97 Å². The average Bonchev–Trinajstić information content (AvgIpc) is 2.46. The van der Waals surface area contributed by atoms with Crippen LogP contribution in [0.4, 0.5) is 0 Å². The number of carbonyl (C=O) groups excluding carboxylic acids is 2. The quantitative estimate of drug-likeness (QED) is 0.682. The van der Waals surface area contributed by atoms with Crippen LogP contribution in [0.2, 0.25) is 0 Å². The third-order valence-electron chi connectivity index (χ3n) is 3.11. The van der Waals surface area contributed by atoms with Crippen molar-refractivity contribution in [2.75, 3.05) is 13.1 Å². The summed E-state index contributed by atoms with van der Waals surface area (Å²) >= 11 is 3.35. The van der Waals surface area contributed by atoms with Crippen molar-refractivity contribution in [3.63, 3.8) is 0 Å². The molecule has 0 saturated heterocycles. The number of carboxylic acids is 1. The molecule has 0 aliphatic heterocycles. The van der Waals surface area contributed by atoms with Gasteiger partial charge >= 0.3 is 5.97 Å². The largest absolute Gasteiger partial charge is 0.480 e. The lowest BCUT2D eigenvalue weighted by atomic mass is 10.1. The SMILES string of the molecule is CCNC(=O)CCCC(=O)N(CC(=O)O)Cc1cccc(Br)c1. The summed E-state index contributed by atoms with van der Waals surface area (Å²) in [6.45, 7) is 2.26. The number of benzene rings is 1. The Morgan fingerprint density at radius 3 is 2.61 bits per heavy atom. The van der Waals surface area contributed by atoms with Crippen LogP contribution in [0, 0.1) is 0 Å². The Kier molecular flexibility index (Phi) is 8.32. The molecule has 2 amide bonds. The van der Waals surface area contributed by atoms with Crippen molar-refractivity contribution in [1.29, 1.82) is 0 Å². The number of halogens is 1. The van der Waals surface area contributed by atoms with Crippen molar-refractivity contribution >= 4 is 33.7 Å².